The highest BCUT2D eigenvalue weighted by molar-refractivity contribution is 6.40. The lowest BCUT2D eigenvalue weighted by Crippen LogP contribution is -2.12. The first-order chi connectivity index (χ1) is 15.9. The van der Waals surface area contributed by atoms with Crippen molar-refractivity contribution in [1.29, 1.82) is 0 Å². The molecule has 0 atom stereocenters. The van der Waals surface area contributed by atoms with Gasteiger partial charge in [-0.3, -0.25) is 9.48 Å². The molecular formula is C25H20Cl3N3O2. The van der Waals surface area contributed by atoms with Gasteiger partial charge in [-0.15, -0.1) is 0 Å². The molecule has 0 unspecified atom stereocenters. The summed E-state index contributed by atoms with van der Waals surface area (Å²) in [6.07, 6.45) is 3.43. The van der Waals surface area contributed by atoms with Gasteiger partial charge in [0.1, 0.15) is 6.61 Å². The molecular weight excluding hydrogens is 481 g/mol. The zero-order valence-corrected chi connectivity index (χ0v) is 20.0. The highest BCUT2D eigenvalue weighted by Crippen LogP contribution is 2.36. The molecule has 8 heteroatoms. The Morgan fingerprint density at radius 3 is 2.48 bits per heavy atom. The van der Waals surface area contributed by atoms with Crippen LogP contribution in [0.2, 0.25) is 15.1 Å². The second-order valence-electron chi connectivity index (χ2n) is 7.56. The fourth-order valence-corrected chi connectivity index (χ4v) is 4.27. The highest BCUT2D eigenvalue weighted by atomic mass is 35.5. The number of hydrogen-bond donors (Lipinski definition) is 1. The van der Waals surface area contributed by atoms with E-state index in [4.69, 9.17) is 39.5 Å². The van der Waals surface area contributed by atoms with Crippen molar-refractivity contribution in [1.82, 2.24) is 9.78 Å². The molecule has 0 spiro atoms. The van der Waals surface area contributed by atoms with Crippen LogP contribution in [-0.2, 0) is 13.2 Å². The van der Waals surface area contributed by atoms with E-state index in [9.17, 15) is 4.79 Å². The molecule has 0 fully saturated rings. The number of carbonyl (C=O) groups is 1. The number of nitrogens with zero attached hydrogens (tertiary/aromatic N) is 2. The molecule has 0 aliphatic rings. The van der Waals surface area contributed by atoms with Crippen molar-refractivity contribution in [2.75, 3.05) is 5.32 Å². The maximum absolute atomic E-state index is 12.8. The predicted molar refractivity (Wildman–Crippen MR) is 133 cm³/mol. The fraction of sp³-hybridized carbons (Fsp3) is 0.120. The number of rotatable bonds is 7. The number of hydrogen-bond acceptors (Lipinski definition) is 3. The van der Waals surface area contributed by atoms with Gasteiger partial charge in [0.25, 0.3) is 5.91 Å². The Labute approximate surface area is 206 Å². The van der Waals surface area contributed by atoms with Gasteiger partial charge in [-0.05, 0) is 42.3 Å². The largest absolute Gasteiger partial charge is 0.486 e. The number of benzene rings is 3. The average Bonchev–Trinajstić information content (AvgIpc) is 3.19. The topological polar surface area (TPSA) is 56.2 Å². The van der Waals surface area contributed by atoms with Crippen LogP contribution < -0.4 is 10.1 Å². The number of carbonyl (C=O) groups excluding carboxylic acids is 1. The maximum Gasteiger partial charge on any atom is 0.255 e. The Hall–Kier alpha value is -2.99. The van der Waals surface area contributed by atoms with Crippen molar-refractivity contribution in [2.24, 2.45) is 0 Å². The van der Waals surface area contributed by atoms with Gasteiger partial charge in [-0.1, -0.05) is 76.8 Å². The Morgan fingerprint density at radius 2 is 1.73 bits per heavy atom. The maximum atomic E-state index is 12.8. The Bertz CT molecular complexity index is 1280. The SMILES string of the molecule is Cc1cccc(Cn2cc(NC(=O)c3cccc(COc4c(Cl)cc(Cl)cc4Cl)c3)cn2)c1. The van der Waals surface area contributed by atoms with Crippen molar-refractivity contribution in [2.45, 2.75) is 20.1 Å². The van der Waals surface area contributed by atoms with Gasteiger partial charge in [-0.2, -0.15) is 5.10 Å². The Balaban J connectivity index is 1.39. The molecule has 4 rings (SSSR count). The summed E-state index contributed by atoms with van der Waals surface area (Å²) in [5, 5.41) is 8.30. The van der Waals surface area contributed by atoms with Crippen molar-refractivity contribution < 1.29 is 9.53 Å². The molecule has 1 N–H and O–H groups in total. The summed E-state index contributed by atoms with van der Waals surface area (Å²) in [6.45, 7) is 2.87. The third-order valence-electron chi connectivity index (χ3n) is 4.85. The van der Waals surface area contributed by atoms with Gasteiger partial charge < -0.3 is 10.1 Å². The molecule has 0 aliphatic carbocycles. The first kappa shape index (κ1) is 23.2. The molecule has 0 saturated carbocycles. The van der Waals surface area contributed by atoms with Crippen molar-refractivity contribution in [3.05, 3.63) is 110 Å². The molecule has 0 bridgehead atoms. The van der Waals surface area contributed by atoms with E-state index >= 15 is 0 Å². The molecule has 1 aromatic heterocycles. The number of nitrogens with one attached hydrogen (secondary N) is 1. The first-order valence-electron chi connectivity index (χ1n) is 10.1. The van der Waals surface area contributed by atoms with E-state index in [1.807, 2.05) is 18.2 Å². The standard InChI is InChI=1S/C25H20Cl3N3O2/c1-16-4-2-5-17(8-16)13-31-14-21(12-29-31)30-25(32)19-7-3-6-18(9-19)15-33-24-22(27)10-20(26)11-23(24)28/h2-12,14H,13,15H2,1H3,(H,30,32). The van der Waals surface area contributed by atoms with Gasteiger partial charge >= 0.3 is 0 Å². The van der Waals surface area contributed by atoms with Crippen LogP contribution in [0.25, 0.3) is 0 Å². The van der Waals surface area contributed by atoms with E-state index in [2.05, 4.69) is 29.5 Å². The summed E-state index contributed by atoms with van der Waals surface area (Å²) in [7, 11) is 0. The van der Waals surface area contributed by atoms with E-state index in [1.54, 1.807) is 47.4 Å². The zero-order valence-electron chi connectivity index (χ0n) is 17.7. The minimum absolute atomic E-state index is 0.191. The van der Waals surface area contributed by atoms with Crippen molar-refractivity contribution in [3.63, 3.8) is 0 Å². The number of aryl methyl sites for hydroxylation is 1. The molecule has 0 radical (unpaired) electrons. The minimum Gasteiger partial charge on any atom is -0.486 e. The lowest BCUT2D eigenvalue weighted by atomic mass is 10.1. The number of anilines is 1. The molecule has 1 heterocycles. The number of aromatic nitrogens is 2. The summed E-state index contributed by atoms with van der Waals surface area (Å²) in [5.41, 5.74) is 4.24. The smallest absolute Gasteiger partial charge is 0.255 e. The lowest BCUT2D eigenvalue weighted by Gasteiger charge is -2.11. The van der Waals surface area contributed by atoms with Crippen LogP contribution in [0.3, 0.4) is 0 Å². The number of ether oxygens (including phenoxy) is 1. The second kappa shape index (κ2) is 10.3. The van der Waals surface area contributed by atoms with Crippen LogP contribution in [0.4, 0.5) is 5.69 Å². The van der Waals surface area contributed by atoms with E-state index < -0.39 is 0 Å². The third kappa shape index (κ3) is 6.08. The number of amides is 1. The summed E-state index contributed by atoms with van der Waals surface area (Å²) in [5.74, 6) is 0.105. The van der Waals surface area contributed by atoms with Gasteiger partial charge in [0.15, 0.2) is 5.75 Å². The van der Waals surface area contributed by atoms with Crippen molar-refractivity contribution in [3.8, 4) is 5.75 Å². The van der Waals surface area contributed by atoms with Crippen molar-refractivity contribution >= 4 is 46.4 Å². The molecule has 4 aromatic rings. The van der Waals surface area contributed by atoms with E-state index in [0.29, 0.717) is 38.6 Å². The molecule has 5 nitrogen and oxygen atoms in total. The lowest BCUT2D eigenvalue weighted by molar-refractivity contribution is 0.102. The molecule has 0 saturated heterocycles. The third-order valence-corrected chi connectivity index (χ3v) is 5.63. The van der Waals surface area contributed by atoms with Crippen LogP contribution >= 0.6 is 34.8 Å². The summed E-state index contributed by atoms with van der Waals surface area (Å²) >= 11 is 18.3. The van der Waals surface area contributed by atoms with E-state index in [0.717, 1.165) is 11.1 Å². The van der Waals surface area contributed by atoms with Gasteiger partial charge in [0.05, 0.1) is 28.5 Å². The Kier molecular flexibility index (Phi) is 7.23. The van der Waals surface area contributed by atoms with Gasteiger partial charge in [0, 0.05) is 16.8 Å². The quantitative estimate of drug-likeness (QED) is 0.296. The average molecular weight is 501 g/mol. The first-order valence-corrected chi connectivity index (χ1v) is 11.3. The predicted octanol–water partition coefficient (Wildman–Crippen LogP) is 7.03. The molecule has 33 heavy (non-hydrogen) atoms. The summed E-state index contributed by atoms with van der Waals surface area (Å²) < 4.78 is 7.55. The van der Waals surface area contributed by atoms with Gasteiger partial charge in [0.2, 0.25) is 0 Å². The molecule has 168 valence electrons. The summed E-state index contributed by atoms with van der Waals surface area (Å²) in [4.78, 5) is 12.8. The normalized spacial score (nSPS) is 10.8. The highest BCUT2D eigenvalue weighted by Gasteiger charge is 2.12. The monoisotopic (exact) mass is 499 g/mol. The fourth-order valence-electron chi connectivity index (χ4n) is 3.34. The number of halogens is 3. The minimum atomic E-state index is -0.241. The van der Waals surface area contributed by atoms with Crippen LogP contribution in [0.15, 0.2) is 73.1 Å². The zero-order chi connectivity index (χ0) is 23.4. The van der Waals surface area contributed by atoms with E-state index in [1.165, 1.54) is 5.56 Å². The summed E-state index contributed by atoms with van der Waals surface area (Å²) in [6, 6.07) is 18.5. The molecule has 3 aromatic carbocycles. The second-order valence-corrected chi connectivity index (χ2v) is 8.81. The molecule has 1 amide bonds. The van der Waals surface area contributed by atoms with Crippen LogP contribution in [0.5, 0.6) is 5.75 Å². The van der Waals surface area contributed by atoms with Crippen LogP contribution in [0.1, 0.15) is 27.0 Å². The van der Waals surface area contributed by atoms with Crippen LogP contribution in [0, 0.1) is 6.92 Å². The Morgan fingerprint density at radius 1 is 1.00 bits per heavy atom. The van der Waals surface area contributed by atoms with Crippen LogP contribution in [-0.4, -0.2) is 15.7 Å². The van der Waals surface area contributed by atoms with Gasteiger partial charge in [-0.25, -0.2) is 0 Å². The molecule has 0 aliphatic heterocycles. The van der Waals surface area contributed by atoms with E-state index in [-0.39, 0.29) is 12.5 Å².